The number of guanidine groups is 1. The summed E-state index contributed by atoms with van der Waals surface area (Å²) in [7, 11) is 5.13. The van der Waals surface area contributed by atoms with Crippen LogP contribution in [0.2, 0.25) is 0 Å². The van der Waals surface area contributed by atoms with Gasteiger partial charge < -0.3 is 20.1 Å². The molecule has 0 amide bonds. The zero-order chi connectivity index (χ0) is 14.8. The van der Waals surface area contributed by atoms with Gasteiger partial charge in [0.05, 0.1) is 13.7 Å². The van der Waals surface area contributed by atoms with Gasteiger partial charge in [-0.1, -0.05) is 12.1 Å². The van der Waals surface area contributed by atoms with Crippen LogP contribution in [0.3, 0.4) is 0 Å². The van der Waals surface area contributed by atoms with Crippen molar-refractivity contribution in [2.45, 2.75) is 19.4 Å². The number of benzene rings is 1. The fraction of sp³-hybridized carbons (Fsp3) is 0.533. The van der Waals surface area contributed by atoms with E-state index in [1.54, 1.807) is 21.3 Å². The number of nitrogens with zero attached hydrogens (tertiary/aromatic N) is 1. The van der Waals surface area contributed by atoms with E-state index in [1.807, 2.05) is 12.1 Å². The number of hydrogen-bond donors (Lipinski definition) is 2. The Bertz CT molecular complexity index is 410. The fourth-order valence-corrected chi connectivity index (χ4v) is 1.84. The van der Waals surface area contributed by atoms with E-state index in [1.165, 1.54) is 5.56 Å². The molecule has 0 heterocycles. The highest BCUT2D eigenvalue weighted by molar-refractivity contribution is 14.0. The zero-order valence-electron chi connectivity index (χ0n) is 13.2. The lowest BCUT2D eigenvalue weighted by molar-refractivity contribution is 0.179. The van der Waals surface area contributed by atoms with Crippen molar-refractivity contribution in [2.75, 3.05) is 34.4 Å². The number of halogens is 1. The minimum absolute atomic E-state index is 0. The Hall–Kier alpha value is -1.02. The fourth-order valence-electron chi connectivity index (χ4n) is 1.84. The van der Waals surface area contributed by atoms with Crippen LogP contribution in [0.25, 0.3) is 0 Å². The predicted molar refractivity (Wildman–Crippen MR) is 97.9 cm³/mol. The Kier molecular flexibility index (Phi) is 11.1. The second-order valence-corrected chi connectivity index (χ2v) is 4.60. The summed E-state index contributed by atoms with van der Waals surface area (Å²) in [6, 6.07) is 8.33. The molecule has 0 fully saturated rings. The lowest BCUT2D eigenvalue weighted by atomic mass is 10.1. The summed E-state index contributed by atoms with van der Waals surface area (Å²) in [4.78, 5) is 4.19. The number of nitrogens with one attached hydrogen (secondary N) is 2. The number of methoxy groups -OCH3 is 2. The molecule has 0 saturated heterocycles. The first-order valence-corrected chi connectivity index (χ1v) is 6.78. The molecule has 6 heteroatoms. The summed E-state index contributed by atoms with van der Waals surface area (Å²) in [6.45, 7) is 3.53. The first-order valence-electron chi connectivity index (χ1n) is 6.78. The molecule has 21 heavy (non-hydrogen) atoms. The maximum Gasteiger partial charge on any atom is 0.191 e. The van der Waals surface area contributed by atoms with E-state index in [0.717, 1.165) is 24.7 Å². The van der Waals surface area contributed by atoms with Gasteiger partial charge in [0.25, 0.3) is 0 Å². The highest BCUT2D eigenvalue weighted by Crippen LogP contribution is 2.11. The van der Waals surface area contributed by atoms with Gasteiger partial charge in [-0.25, -0.2) is 0 Å². The molecule has 1 unspecified atom stereocenters. The van der Waals surface area contributed by atoms with Gasteiger partial charge in [0, 0.05) is 26.7 Å². The van der Waals surface area contributed by atoms with E-state index in [9.17, 15) is 0 Å². The minimum Gasteiger partial charge on any atom is -0.497 e. The molecule has 120 valence electrons. The quantitative estimate of drug-likeness (QED) is 0.413. The topological polar surface area (TPSA) is 54.9 Å². The SMILES string of the molecule is CN=C(NCCc1ccc(OC)cc1)NC(C)COC.I. The minimum atomic E-state index is 0. The van der Waals surface area contributed by atoms with Crippen molar-refractivity contribution in [3.05, 3.63) is 29.8 Å². The second kappa shape index (κ2) is 11.6. The van der Waals surface area contributed by atoms with Crippen molar-refractivity contribution in [1.82, 2.24) is 10.6 Å². The van der Waals surface area contributed by atoms with Gasteiger partial charge in [0.2, 0.25) is 0 Å². The lowest BCUT2D eigenvalue weighted by Gasteiger charge is -2.17. The maximum absolute atomic E-state index is 5.14. The average molecular weight is 407 g/mol. The molecule has 0 aliphatic rings. The molecule has 0 aromatic heterocycles. The molecule has 0 radical (unpaired) electrons. The molecular weight excluding hydrogens is 381 g/mol. The number of hydrogen-bond acceptors (Lipinski definition) is 3. The third-order valence-corrected chi connectivity index (χ3v) is 2.89. The molecule has 1 atom stereocenters. The molecular formula is C15H26IN3O2. The van der Waals surface area contributed by atoms with Crippen LogP contribution in [0.15, 0.2) is 29.3 Å². The highest BCUT2D eigenvalue weighted by atomic mass is 127. The Morgan fingerprint density at radius 2 is 1.90 bits per heavy atom. The highest BCUT2D eigenvalue weighted by Gasteiger charge is 2.04. The third-order valence-electron chi connectivity index (χ3n) is 2.89. The Balaban J connectivity index is 0.00000400. The molecule has 0 spiro atoms. The van der Waals surface area contributed by atoms with Gasteiger partial charge in [-0.05, 0) is 31.0 Å². The first kappa shape index (κ1) is 20.0. The van der Waals surface area contributed by atoms with Gasteiger partial charge in [-0.15, -0.1) is 24.0 Å². The van der Waals surface area contributed by atoms with Crippen LogP contribution in [0.5, 0.6) is 5.75 Å². The number of rotatable bonds is 7. The Labute approximate surface area is 144 Å². The lowest BCUT2D eigenvalue weighted by Crippen LogP contribution is -2.44. The van der Waals surface area contributed by atoms with E-state index in [2.05, 4.69) is 34.7 Å². The van der Waals surface area contributed by atoms with Crippen LogP contribution in [0, 0.1) is 0 Å². The van der Waals surface area contributed by atoms with Gasteiger partial charge in [0.1, 0.15) is 5.75 Å². The predicted octanol–water partition coefficient (Wildman–Crippen LogP) is 2.06. The Morgan fingerprint density at radius 1 is 1.24 bits per heavy atom. The molecule has 0 bridgehead atoms. The molecule has 1 aromatic rings. The van der Waals surface area contributed by atoms with Gasteiger partial charge in [-0.3, -0.25) is 4.99 Å². The van der Waals surface area contributed by atoms with Crippen molar-refractivity contribution in [3.63, 3.8) is 0 Å². The summed E-state index contributed by atoms with van der Waals surface area (Å²) < 4.78 is 10.2. The van der Waals surface area contributed by atoms with E-state index in [-0.39, 0.29) is 30.0 Å². The van der Waals surface area contributed by atoms with E-state index in [4.69, 9.17) is 9.47 Å². The van der Waals surface area contributed by atoms with Crippen molar-refractivity contribution in [1.29, 1.82) is 0 Å². The second-order valence-electron chi connectivity index (χ2n) is 4.60. The van der Waals surface area contributed by atoms with Crippen LogP contribution in [0.1, 0.15) is 12.5 Å². The average Bonchev–Trinajstić information content (AvgIpc) is 2.47. The Morgan fingerprint density at radius 3 is 2.43 bits per heavy atom. The number of ether oxygens (including phenoxy) is 2. The molecule has 0 saturated carbocycles. The summed E-state index contributed by atoms with van der Waals surface area (Å²) in [5, 5.41) is 6.55. The van der Waals surface area contributed by atoms with E-state index in [0.29, 0.717) is 6.61 Å². The molecule has 0 aliphatic carbocycles. The molecule has 5 nitrogen and oxygen atoms in total. The molecule has 0 aliphatic heterocycles. The zero-order valence-corrected chi connectivity index (χ0v) is 15.5. The summed E-state index contributed by atoms with van der Waals surface area (Å²) >= 11 is 0. The molecule has 1 aromatic carbocycles. The van der Waals surface area contributed by atoms with Gasteiger partial charge in [-0.2, -0.15) is 0 Å². The van der Waals surface area contributed by atoms with Crippen LogP contribution in [-0.4, -0.2) is 46.4 Å². The van der Waals surface area contributed by atoms with E-state index < -0.39 is 0 Å². The smallest absolute Gasteiger partial charge is 0.191 e. The van der Waals surface area contributed by atoms with Crippen LogP contribution < -0.4 is 15.4 Å². The molecule has 2 N–H and O–H groups in total. The third kappa shape index (κ3) is 8.11. The largest absolute Gasteiger partial charge is 0.497 e. The van der Waals surface area contributed by atoms with Gasteiger partial charge in [0.15, 0.2) is 5.96 Å². The summed E-state index contributed by atoms with van der Waals surface area (Å²) in [5.74, 6) is 1.68. The van der Waals surface area contributed by atoms with Crippen molar-refractivity contribution in [3.8, 4) is 5.75 Å². The van der Waals surface area contributed by atoms with Crippen LogP contribution >= 0.6 is 24.0 Å². The molecule has 1 rings (SSSR count). The maximum atomic E-state index is 5.14. The summed E-state index contributed by atoms with van der Waals surface area (Å²) in [6.07, 6.45) is 0.934. The first-order chi connectivity index (χ1) is 9.69. The van der Waals surface area contributed by atoms with Crippen molar-refractivity contribution >= 4 is 29.9 Å². The van der Waals surface area contributed by atoms with Crippen molar-refractivity contribution < 1.29 is 9.47 Å². The van der Waals surface area contributed by atoms with Crippen LogP contribution in [0.4, 0.5) is 0 Å². The van der Waals surface area contributed by atoms with Gasteiger partial charge >= 0.3 is 0 Å². The number of aliphatic imine (C=N–C) groups is 1. The summed E-state index contributed by atoms with van der Waals surface area (Å²) in [5.41, 5.74) is 1.26. The van der Waals surface area contributed by atoms with Crippen LogP contribution in [-0.2, 0) is 11.2 Å². The van der Waals surface area contributed by atoms with E-state index >= 15 is 0 Å². The normalized spacial score (nSPS) is 12.3. The van der Waals surface area contributed by atoms with Crippen molar-refractivity contribution in [2.24, 2.45) is 4.99 Å². The monoisotopic (exact) mass is 407 g/mol. The standard InChI is InChI=1S/C15H25N3O2.HI/c1-12(11-19-3)18-15(16-2)17-10-9-13-5-7-14(20-4)8-6-13;/h5-8,12H,9-11H2,1-4H3,(H2,16,17,18);1H.